The van der Waals surface area contributed by atoms with E-state index in [0.717, 1.165) is 30.6 Å². The summed E-state index contributed by atoms with van der Waals surface area (Å²) in [4.78, 5) is 33.9. The van der Waals surface area contributed by atoms with E-state index < -0.39 is 0 Å². The highest BCUT2D eigenvalue weighted by molar-refractivity contribution is 6.31. The van der Waals surface area contributed by atoms with Crippen molar-refractivity contribution in [3.8, 4) is 0 Å². The van der Waals surface area contributed by atoms with E-state index in [0.29, 0.717) is 28.4 Å². The molecule has 0 radical (unpaired) electrons. The van der Waals surface area contributed by atoms with Gasteiger partial charge in [-0.1, -0.05) is 37.1 Å². The van der Waals surface area contributed by atoms with Gasteiger partial charge in [0.15, 0.2) is 0 Å². The molecular weight excluding hydrogens is 402 g/mol. The molecule has 0 aliphatic carbocycles. The third kappa shape index (κ3) is 4.79. The minimum Gasteiger partial charge on any atom is -0.332 e. The van der Waals surface area contributed by atoms with Crippen molar-refractivity contribution >= 4 is 34.5 Å². The Kier molecular flexibility index (Phi) is 7.05. The van der Waals surface area contributed by atoms with Gasteiger partial charge in [-0.05, 0) is 38.5 Å². The van der Waals surface area contributed by atoms with Crippen LogP contribution in [0.1, 0.15) is 43.8 Å². The third-order valence-electron chi connectivity index (χ3n) is 4.92. The third-order valence-corrected chi connectivity index (χ3v) is 5.32. The zero-order valence-corrected chi connectivity index (χ0v) is 18.2. The number of nitrogens with one attached hydrogen (secondary N) is 1. The number of amides is 1. The van der Waals surface area contributed by atoms with Gasteiger partial charge in [-0.15, -0.1) is 0 Å². The van der Waals surface area contributed by atoms with Crippen LogP contribution in [0.3, 0.4) is 0 Å². The summed E-state index contributed by atoms with van der Waals surface area (Å²) in [6.07, 6.45) is 5.23. The van der Waals surface area contributed by atoms with Crippen LogP contribution >= 0.6 is 11.6 Å². The molecule has 1 amide bonds. The quantitative estimate of drug-likeness (QED) is 0.552. The standard InChI is InChI=1S/C22H26ClN5O2/c1-4-6-13-28-21(23)16(15(3)26-28)11-12-20(29)27(5-2)14-19-24-18-10-8-7-9-17(18)22(30)25-19/h7-12H,4-6,13-14H2,1-3H3,(H,24,25,30)/b12-11+. The van der Waals surface area contributed by atoms with Crippen LogP contribution in [0.2, 0.25) is 5.15 Å². The number of unbranched alkanes of at least 4 members (excludes halogenated alkanes) is 1. The number of halogens is 1. The fourth-order valence-corrected chi connectivity index (χ4v) is 3.53. The Morgan fingerprint density at radius 1 is 1.30 bits per heavy atom. The number of hydrogen-bond donors (Lipinski definition) is 1. The van der Waals surface area contributed by atoms with E-state index >= 15 is 0 Å². The number of para-hydroxylation sites is 1. The molecule has 0 unspecified atom stereocenters. The van der Waals surface area contributed by atoms with Crippen LogP contribution in [0.15, 0.2) is 35.1 Å². The van der Waals surface area contributed by atoms with E-state index in [1.165, 1.54) is 6.08 Å². The van der Waals surface area contributed by atoms with Crippen LogP contribution in [0.4, 0.5) is 0 Å². The number of fused-ring (bicyclic) bond motifs is 1. The molecule has 0 saturated carbocycles. The lowest BCUT2D eigenvalue weighted by atomic mass is 10.2. The molecule has 0 aliphatic heterocycles. The second kappa shape index (κ2) is 9.71. The van der Waals surface area contributed by atoms with Gasteiger partial charge in [0.25, 0.3) is 5.56 Å². The largest absolute Gasteiger partial charge is 0.332 e. The first kappa shape index (κ1) is 21.8. The molecule has 30 heavy (non-hydrogen) atoms. The molecule has 2 aromatic heterocycles. The van der Waals surface area contributed by atoms with E-state index in [4.69, 9.17) is 11.6 Å². The lowest BCUT2D eigenvalue weighted by Crippen LogP contribution is -2.30. The second-order valence-corrected chi connectivity index (χ2v) is 7.44. The average molecular weight is 428 g/mol. The SMILES string of the molecule is CCCCn1nc(C)c(/C=C/C(=O)N(CC)Cc2nc3ccccc3c(=O)[nH]2)c1Cl. The van der Waals surface area contributed by atoms with Crippen LogP contribution in [-0.2, 0) is 17.9 Å². The highest BCUT2D eigenvalue weighted by atomic mass is 35.5. The Hall–Kier alpha value is -2.93. The van der Waals surface area contributed by atoms with Crippen LogP contribution < -0.4 is 5.56 Å². The minimum atomic E-state index is -0.212. The summed E-state index contributed by atoms with van der Waals surface area (Å²) in [6, 6.07) is 7.14. The molecule has 0 fully saturated rings. The molecule has 0 bridgehead atoms. The molecule has 2 heterocycles. The molecule has 1 N–H and O–H groups in total. The van der Waals surface area contributed by atoms with Gasteiger partial charge in [-0.2, -0.15) is 5.10 Å². The molecule has 1 aromatic carbocycles. The smallest absolute Gasteiger partial charge is 0.258 e. The minimum absolute atomic E-state index is 0.190. The Morgan fingerprint density at radius 3 is 2.80 bits per heavy atom. The number of aryl methyl sites for hydroxylation is 2. The fourth-order valence-electron chi connectivity index (χ4n) is 3.21. The van der Waals surface area contributed by atoms with Gasteiger partial charge in [0.2, 0.25) is 5.91 Å². The summed E-state index contributed by atoms with van der Waals surface area (Å²) in [5.41, 5.74) is 1.92. The van der Waals surface area contributed by atoms with Crippen LogP contribution in [-0.4, -0.2) is 37.1 Å². The number of H-pyrrole nitrogens is 1. The van der Waals surface area contributed by atoms with E-state index in [-0.39, 0.29) is 18.0 Å². The van der Waals surface area contributed by atoms with Crippen LogP contribution in [0, 0.1) is 6.92 Å². The zero-order valence-electron chi connectivity index (χ0n) is 17.5. The molecule has 0 saturated heterocycles. The van der Waals surface area contributed by atoms with Crippen molar-refractivity contribution in [3.05, 3.63) is 62.9 Å². The average Bonchev–Trinajstić information content (AvgIpc) is 3.01. The molecular formula is C22H26ClN5O2. The van der Waals surface area contributed by atoms with Gasteiger partial charge < -0.3 is 9.88 Å². The van der Waals surface area contributed by atoms with Crippen molar-refractivity contribution in [1.82, 2.24) is 24.6 Å². The molecule has 0 atom stereocenters. The number of likely N-dealkylation sites (N-methyl/N-ethyl adjacent to an activating group) is 1. The van der Waals surface area contributed by atoms with E-state index in [1.807, 2.05) is 19.9 Å². The van der Waals surface area contributed by atoms with Gasteiger partial charge in [-0.25, -0.2) is 4.98 Å². The molecule has 158 valence electrons. The highest BCUT2D eigenvalue weighted by Gasteiger charge is 2.14. The Bertz CT molecular complexity index is 1130. The van der Waals surface area contributed by atoms with E-state index in [2.05, 4.69) is 22.0 Å². The Labute approximate surface area is 180 Å². The first-order valence-electron chi connectivity index (χ1n) is 10.1. The van der Waals surface area contributed by atoms with Gasteiger partial charge in [0.05, 0.1) is 23.1 Å². The monoisotopic (exact) mass is 427 g/mol. The Morgan fingerprint density at radius 2 is 2.07 bits per heavy atom. The highest BCUT2D eigenvalue weighted by Crippen LogP contribution is 2.22. The van der Waals surface area contributed by atoms with Gasteiger partial charge in [-0.3, -0.25) is 14.3 Å². The first-order valence-corrected chi connectivity index (χ1v) is 10.5. The number of benzene rings is 1. The fraction of sp³-hybridized carbons (Fsp3) is 0.364. The summed E-state index contributed by atoms with van der Waals surface area (Å²) in [7, 11) is 0. The van der Waals surface area contributed by atoms with Crippen molar-refractivity contribution in [1.29, 1.82) is 0 Å². The van der Waals surface area contributed by atoms with Crippen molar-refractivity contribution in [2.75, 3.05) is 6.54 Å². The van der Waals surface area contributed by atoms with Crippen molar-refractivity contribution < 1.29 is 4.79 Å². The zero-order chi connectivity index (χ0) is 21.7. The summed E-state index contributed by atoms with van der Waals surface area (Å²) in [5, 5.41) is 5.52. The number of aromatic nitrogens is 4. The summed E-state index contributed by atoms with van der Waals surface area (Å²) >= 11 is 6.44. The van der Waals surface area contributed by atoms with E-state index in [1.54, 1.807) is 33.9 Å². The molecule has 0 aliphatic rings. The maximum atomic E-state index is 12.8. The Balaban J connectivity index is 1.77. The first-order chi connectivity index (χ1) is 14.4. The van der Waals surface area contributed by atoms with Crippen LogP contribution in [0.5, 0.6) is 0 Å². The van der Waals surface area contributed by atoms with Crippen molar-refractivity contribution in [2.45, 2.75) is 46.7 Å². The number of aromatic amines is 1. The number of rotatable bonds is 8. The lowest BCUT2D eigenvalue weighted by Gasteiger charge is -2.18. The molecule has 0 spiro atoms. The van der Waals surface area contributed by atoms with Gasteiger partial charge in [0, 0.05) is 24.7 Å². The number of hydrogen-bond acceptors (Lipinski definition) is 4. The molecule has 3 rings (SSSR count). The predicted octanol–water partition coefficient (Wildman–Crippen LogP) is 3.94. The number of carbonyl (C=O) groups excluding carboxylic acids is 1. The normalized spacial score (nSPS) is 11.5. The summed E-state index contributed by atoms with van der Waals surface area (Å²) in [6.45, 7) is 7.30. The van der Waals surface area contributed by atoms with Gasteiger partial charge in [0.1, 0.15) is 11.0 Å². The number of carbonyl (C=O) groups is 1. The van der Waals surface area contributed by atoms with Crippen molar-refractivity contribution in [2.24, 2.45) is 0 Å². The predicted molar refractivity (Wildman–Crippen MR) is 119 cm³/mol. The maximum absolute atomic E-state index is 12.8. The number of nitrogens with zero attached hydrogens (tertiary/aromatic N) is 4. The molecule has 8 heteroatoms. The topological polar surface area (TPSA) is 83.9 Å². The lowest BCUT2D eigenvalue weighted by molar-refractivity contribution is -0.126. The van der Waals surface area contributed by atoms with Crippen molar-refractivity contribution in [3.63, 3.8) is 0 Å². The summed E-state index contributed by atoms with van der Waals surface area (Å²) < 4.78 is 1.77. The molecule has 7 nitrogen and oxygen atoms in total. The summed E-state index contributed by atoms with van der Waals surface area (Å²) in [5.74, 6) is 0.258. The second-order valence-electron chi connectivity index (χ2n) is 7.08. The van der Waals surface area contributed by atoms with Crippen LogP contribution in [0.25, 0.3) is 17.0 Å². The van der Waals surface area contributed by atoms with Gasteiger partial charge >= 0.3 is 0 Å². The van der Waals surface area contributed by atoms with E-state index in [9.17, 15) is 9.59 Å². The maximum Gasteiger partial charge on any atom is 0.258 e. The molecule has 3 aromatic rings.